The largest absolute Gasteiger partial charge is 0.286 e. The predicted molar refractivity (Wildman–Crippen MR) is 113 cm³/mol. The zero-order valence-electron chi connectivity index (χ0n) is 16.1. The zero-order valence-corrected chi connectivity index (χ0v) is 16.8. The van der Waals surface area contributed by atoms with Crippen LogP contribution in [-0.2, 0) is 0 Å². The van der Waals surface area contributed by atoms with E-state index in [1.54, 1.807) is 0 Å². The summed E-state index contributed by atoms with van der Waals surface area (Å²) in [5, 5.41) is 0.727. The van der Waals surface area contributed by atoms with Gasteiger partial charge in [0.25, 0.3) is 0 Å². The van der Waals surface area contributed by atoms with E-state index in [1.165, 1.54) is 51.4 Å². The normalized spacial score (nSPS) is 12.1. The van der Waals surface area contributed by atoms with Crippen molar-refractivity contribution in [2.45, 2.75) is 71.3 Å². The lowest BCUT2D eigenvalue weighted by atomic mass is 9.98. The Morgan fingerprint density at radius 3 is 2.08 bits per heavy atom. The Hall–Kier alpha value is -1.23. The van der Waals surface area contributed by atoms with Crippen LogP contribution in [0.15, 0.2) is 30.8 Å². The molecule has 0 aromatic heterocycles. The molecule has 0 aliphatic heterocycles. The molecule has 0 spiro atoms. The van der Waals surface area contributed by atoms with E-state index in [4.69, 9.17) is 18.0 Å². The van der Waals surface area contributed by atoms with Crippen LogP contribution in [0.5, 0.6) is 0 Å². The molecule has 0 aliphatic carbocycles. The maximum absolute atomic E-state index is 6.37. The number of nitrogens with zero attached hydrogens (tertiary/aromatic N) is 1. The summed E-state index contributed by atoms with van der Waals surface area (Å²) in [6.07, 6.45) is 15.9. The average molecular weight is 360 g/mol. The average Bonchev–Trinajstić information content (AvgIpc) is 2.62. The maximum Gasteiger partial charge on any atom is 0.0968 e. The lowest BCUT2D eigenvalue weighted by Gasteiger charge is -2.30. The summed E-state index contributed by atoms with van der Waals surface area (Å²) in [6.45, 7) is 10.8. The molecule has 1 unspecified atom stereocenters. The van der Waals surface area contributed by atoms with Crippen molar-refractivity contribution in [1.82, 2.24) is 4.90 Å². The van der Waals surface area contributed by atoms with E-state index in [2.05, 4.69) is 31.2 Å². The van der Waals surface area contributed by atoms with Gasteiger partial charge < -0.3 is 0 Å². The fourth-order valence-electron chi connectivity index (χ4n) is 3.15. The van der Waals surface area contributed by atoms with Gasteiger partial charge in [0.1, 0.15) is 0 Å². The Bertz CT molecular complexity index is 531. The van der Waals surface area contributed by atoms with Gasteiger partial charge in [-0.3, -0.25) is 4.90 Å². The van der Waals surface area contributed by atoms with Crippen molar-refractivity contribution in [1.29, 1.82) is 0 Å². The topological polar surface area (TPSA) is 3.24 Å². The number of hydrogen-bond acceptors (Lipinski definition) is 1. The van der Waals surface area contributed by atoms with Crippen LogP contribution in [0.4, 0.5) is 0 Å². The van der Waals surface area contributed by atoms with E-state index in [-0.39, 0.29) is 6.04 Å². The first kappa shape index (κ1) is 21.8. The lowest BCUT2D eigenvalue weighted by molar-refractivity contribution is 0.257. The Labute approximate surface area is 160 Å². The van der Waals surface area contributed by atoms with Gasteiger partial charge in [-0.25, -0.2) is 0 Å². The predicted octanol–water partition coefficient (Wildman–Crippen LogP) is 6.82. The number of terminal acetylenes is 1. The van der Waals surface area contributed by atoms with Gasteiger partial charge in [-0.05, 0) is 43.1 Å². The van der Waals surface area contributed by atoms with Crippen molar-refractivity contribution in [2.75, 3.05) is 13.1 Å². The highest BCUT2D eigenvalue weighted by Gasteiger charge is 2.21. The van der Waals surface area contributed by atoms with Crippen molar-refractivity contribution in [2.24, 2.45) is 0 Å². The first-order chi connectivity index (χ1) is 12.2. The van der Waals surface area contributed by atoms with E-state index in [0.29, 0.717) is 0 Å². The second-order valence-corrected chi connectivity index (χ2v) is 7.14. The Balaban J connectivity index is 2.81. The highest BCUT2D eigenvalue weighted by molar-refractivity contribution is 6.32. The van der Waals surface area contributed by atoms with Crippen molar-refractivity contribution in [3.05, 3.63) is 41.4 Å². The lowest BCUT2D eigenvalue weighted by Crippen LogP contribution is -2.36. The molecule has 0 bridgehead atoms. The molecule has 1 aromatic rings. The zero-order chi connectivity index (χ0) is 18.5. The summed E-state index contributed by atoms with van der Waals surface area (Å²) in [5.74, 6) is 2.98. The van der Waals surface area contributed by atoms with Crippen molar-refractivity contribution < 1.29 is 0 Å². The van der Waals surface area contributed by atoms with Gasteiger partial charge in [-0.15, -0.1) is 6.42 Å². The van der Waals surface area contributed by atoms with Crippen LogP contribution in [0.25, 0.3) is 5.57 Å². The number of benzene rings is 1. The van der Waals surface area contributed by atoms with Gasteiger partial charge in [0.15, 0.2) is 0 Å². The molecule has 138 valence electrons. The second-order valence-electron chi connectivity index (χ2n) is 6.73. The summed E-state index contributed by atoms with van der Waals surface area (Å²) in [7, 11) is 0. The molecule has 1 nitrogen and oxygen atoms in total. The third-order valence-corrected chi connectivity index (χ3v) is 5.00. The second kappa shape index (κ2) is 13.0. The summed E-state index contributed by atoms with van der Waals surface area (Å²) in [5.41, 5.74) is 1.92. The number of hydrogen-bond donors (Lipinski definition) is 0. The van der Waals surface area contributed by atoms with Crippen LogP contribution in [-0.4, -0.2) is 24.0 Å². The van der Waals surface area contributed by atoms with E-state index in [1.807, 2.05) is 24.3 Å². The molecule has 25 heavy (non-hydrogen) atoms. The Morgan fingerprint density at radius 1 is 1.04 bits per heavy atom. The summed E-state index contributed by atoms with van der Waals surface area (Å²) >= 11 is 6.37. The van der Waals surface area contributed by atoms with Crippen LogP contribution in [0.2, 0.25) is 5.02 Å². The number of halogens is 1. The molecule has 1 aromatic carbocycles. The molecule has 0 aliphatic rings. The van der Waals surface area contributed by atoms with Crippen LogP contribution in [0.3, 0.4) is 0 Å². The molecule has 0 radical (unpaired) electrons. The number of unbranched alkanes of at least 4 members (excludes halogenated alkanes) is 6. The standard InChI is InChI=1S/C23H34ClN/c1-5-8-10-14-18-25(19-15-11-9-6-2)23(7-3)20(4)21-16-12-13-17-22(21)24/h3,12-13,16-17,23H,4-6,8-11,14-15,18-19H2,1-2H3. The van der Waals surface area contributed by atoms with Gasteiger partial charge in [0.2, 0.25) is 0 Å². The minimum Gasteiger partial charge on any atom is -0.286 e. The van der Waals surface area contributed by atoms with Crippen LogP contribution in [0.1, 0.15) is 70.8 Å². The molecule has 0 heterocycles. The number of rotatable bonds is 13. The van der Waals surface area contributed by atoms with Crippen molar-refractivity contribution in [3.63, 3.8) is 0 Å². The fourth-order valence-corrected chi connectivity index (χ4v) is 3.41. The molecule has 0 amide bonds. The van der Waals surface area contributed by atoms with Gasteiger partial charge in [-0.1, -0.05) is 94.7 Å². The Morgan fingerprint density at radius 2 is 1.60 bits per heavy atom. The van der Waals surface area contributed by atoms with E-state index < -0.39 is 0 Å². The maximum atomic E-state index is 6.37. The molecular weight excluding hydrogens is 326 g/mol. The summed E-state index contributed by atoms with van der Waals surface area (Å²) in [6, 6.07) is 7.77. The van der Waals surface area contributed by atoms with Crippen LogP contribution in [0, 0.1) is 12.3 Å². The fraction of sp³-hybridized carbons (Fsp3) is 0.565. The van der Waals surface area contributed by atoms with Crippen LogP contribution < -0.4 is 0 Å². The van der Waals surface area contributed by atoms with Gasteiger partial charge >= 0.3 is 0 Å². The third-order valence-electron chi connectivity index (χ3n) is 4.67. The molecule has 1 atom stereocenters. The van der Waals surface area contributed by atoms with Gasteiger partial charge in [0, 0.05) is 5.02 Å². The first-order valence-electron chi connectivity index (χ1n) is 9.79. The third kappa shape index (κ3) is 7.68. The monoisotopic (exact) mass is 359 g/mol. The first-order valence-corrected chi connectivity index (χ1v) is 10.2. The van der Waals surface area contributed by atoms with Crippen LogP contribution >= 0.6 is 11.6 Å². The Kier molecular flexibility index (Phi) is 11.4. The smallest absolute Gasteiger partial charge is 0.0968 e. The highest BCUT2D eigenvalue weighted by atomic mass is 35.5. The SMILES string of the molecule is C#CC(C(=C)c1ccccc1Cl)N(CCCCCC)CCCCCC. The molecule has 2 heteroatoms. The van der Waals surface area contributed by atoms with Gasteiger partial charge in [-0.2, -0.15) is 0 Å². The van der Waals surface area contributed by atoms with E-state index >= 15 is 0 Å². The molecule has 0 saturated heterocycles. The van der Waals surface area contributed by atoms with E-state index in [9.17, 15) is 0 Å². The molecule has 0 N–H and O–H groups in total. The van der Waals surface area contributed by atoms with Crippen molar-refractivity contribution in [3.8, 4) is 12.3 Å². The molecular formula is C23H34ClN. The van der Waals surface area contributed by atoms with Crippen molar-refractivity contribution >= 4 is 17.2 Å². The molecule has 0 fully saturated rings. The summed E-state index contributed by atoms with van der Waals surface area (Å²) < 4.78 is 0. The molecule has 1 rings (SSSR count). The van der Waals surface area contributed by atoms with E-state index in [0.717, 1.165) is 29.2 Å². The quantitative estimate of drug-likeness (QED) is 0.276. The summed E-state index contributed by atoms with van der Waals surface area (Å²) in [4.78, 5) is 2.43. The minimum atomic E-state index is -0.0804. The van der Waals surface area contributed by atoms with Gasteiger partial charge in [0.05, 0.1) is 6.04 Å². The minimum absolute atomic E-state index is 0.0804. The molecule has 0 saturated carbocycles. The highest BCUT2D eigenvalue weighted by Crippen LogP contribution is 2.27.